The van der Waals surface area contributed by atoms with E-state index in [0.29, 0.717) is 22.5 Å². The molecule has 0 bridgehead atoms. The first-order valence-electron chi connectivity index (χ1n) is 8.67. The minimum atomic E-state index is 0.0419. The third kappa shape index (κ3) is 5.11. The van der Waals surface area contributed by atoms with Gasteiger partial charge in [-0.05, 0) is 35.7 Å². The van der Waals surface area contributed by atoms with E-state index in [0.717, 1.165) is 17.7 Å². The van der Waals surface area contributed by atoms with Gasteiger partial charge in [-0.3, -0.25) is 9.36 Å². The topological polar surface area (TPSA) is 51.0 Å². The van der Waals surface area contributed by atoms with Gasteiger partial charge >= 0.3 is 0 Å². The van der Waals surface area contributed by atoms with Crippen molar-refractivity contribution < 1.29 is 4.79 Å². The van der Waals surface area contributed by atoms with Crippen molar-refractivity contribution in [2.75, 3.05) is 12.8 Å². The van der Waals surface area contributed by atoms with E-state index in [1.54, 1.807) is 11.2 Å². The second kappa shape index (κ2) is 9.06. The number of hydrogen-bond donors (Lipinski definition) is 0. The molecule has 1 aromatic heterocycles. The van der Waals surface area contributed by atoms with Gasteiger partial charge in [0.2, 0.25) is 5.91 Å². The Labute approximate surface area is 168 Å². The van der Waals surface area contributed by atoms with Gasteiger partial charge in [0.1, 0.15) is 6.33 Å². The molecule has 3 aromatic rings. The van der Waals surface area contributed by atoms with Gasteiger partial charge in [0.05, 0.1) is 11.4 Å². The number of thioether (sulfide) groups is 1. The van der Waals surface area contributed by atoms with E-state index in [2.05, 4.69) is 41.4 Å². The van der Waals surface area contributed by atoms with Crippen molar-refractivity contribution in [3.05, 3.63) is 71.0 Å². The molecule has 3 rings (SSSR count). The van der Waals surface area contributed by atoms with Crippen molar-refractivity contribution in [3.63, 3.8) is 0 Å². The third-order valence-electron chi connectivity index (χ3n) is 4.20. The van der Waals surface area contributed by atoms with E-state index in [-0.39, 0.29) is 5.91 Å². The minimum absolute atomic E-state index is 0.0419. The Morgan fingerprint density at radius 3 is 2.63 bits per heavy atom. The number of nitrogens with zero attached hydrogens (tertiary/aromatic N) is 4. The van der Waals surface area contributed by atoms with Gasteiger partial charge in [0, 0.05) is 18.6 Å². The Hall–Kier alpha value is -2.31. The Morgan fingerprint density at radius 2 is 1.93 bits per heavy atom. The smallest absolute Gasteiger partial charge is 0.233 e. The highest BCUT2D eigenvalue weighted by atomic mass is 35.5. The van der Waals surface area contributed by atoms with Gasteiger partial charge in [-0.2, -0.15) is 0 Å². The molecule has 5 nitrogen and oxygen atoms in total. The summed E-state index contributed by atoms with van der Waals surface area (Å²) in [6.45, 7) is 2.72. The monoisotopic (exact) mass is 400 g/mol. The number of aromatic nitrogens is 3. The van der Waals surface area contributed by atoms with Crippen molar-refractivity contribution in [1.29, 1.82) is 0 Å². The molecule has 140 valence electrons. The fourth-order valence-corrected chi connectivity index (χ4v) is 3.66. The largest absolute Gasteiger partial charge is 0.341 e. The third-order valence-corrected chi connectivity index (χ3v) is 5.37. The molecule has 1 amide bonds. The Kier molecular flexibility index (Phi) is 6.53. The van der Waals surface area contributed by atoms with Gasteiger partial charge < -0.3 is 4.90 Å². The highest BCUT2D eigenvalue weighted by Gasteiger charge is 2.14. The second-order valence-corrected chi connectivity index (χ2v) is 7.55. The molecule has 0 aliphatic rings. The molecule has 1 heterocycles. The summed E-state index contributed by atoms with van der Waals surface area (Å²) in [5, 5.41) is 9.38. The van der Waals surface area contributed by atoms with Gasteiger partial charge in [0.25, 0.3) is 0 Å². The molecule has 0 N–H and O–H groups in total. The van der Waals surface area contributed by atoms with E-state index in [9.17, 15) is 4.79 Å². The Balaban J connectivity index is 1.60. The molecular formula is C20H21ClN4OS. The molecule has 0 aliphatic carbocycles. The number of halogens is 1. The summed E-state index contributed by atoms with van der Waals surface area (Å²) in [6, 6.07) is 15.8. The number of benzene rings is 2. The lowest BCUT2D eigenvalue weighted by Gasteiger charge is -2.17. The summed E-state index contributed by atoms with van der Waals surface area (Å²) < 4.78 is 1.83. The number of amides is 1. The zero-order valence-electron chi connectivity index (χ0n) is 15.3. The summed E-state index contributed by atoms with van der Waals surface area (Å²) in [5.41, 5.74) is 3.28. The van der Waals surface area contributed by atoms with Crippen LogP contribution in [0.25, 0.3) is 5.69 Å². The van der Waals surface area contributed by atoms with Crippen molar-refractivity contribution in [2.24, 2.45) is 0 Å². The van der Waals surface area contributed by atoms with Crippen LogP contribution in [0.2, 0.25) is 5.02 Å². The number of rotatable bonds is 7. The molecule has 0 aliphatic heterocycles. The normalized spacial score (nSPS) is 10.8. The lowest BCUT2D eigenvalue weighted by molar-refractivity contribution is -0.127. The van der Waals surface area contributed by atoms with Crippen LogP contribution in [0.15, 0.2) is 60.0 Å². The van der Waals surface area contributed by atoms with Crippen molar-refractivity contribution >= 4 is 29.3 Å². The molecular weight excluding hydrogens is 380 g/mol. The first kappa shape index (κ1) is 19.5. The van der Waals surface area contributed by atoms with E-state index in [4.69, 9.17) is 11.6 Å². The highest BCUT2D eigenvalue weighted by molar-refractivity contribution is 7.99. The van der Waals surface area contributed by atoms with Gasteiger partial charge in [-0.25, -0.2) is 0 Å². The molecule has 0 spiro atoms. The van der Waals surface area contributed by atoms with Crippen LogP contribution in [-0.4, -0.2) is 38.4 Å². The van der Waals surface area contributed by atoms with Crippen LogP contribution in [0.3, 0.4) is 0 Å². The Bertz CT molecular complexity index is 910. The summed E-state index contributed by atoms with van der Waals surface area (Å²) in [5.74, 6) is 0.336. The molecule has 27 heavy (non-hydrogen) atoms. The lowest BCUT2D eigenvalue weighted by atomic mass is 10.1. The molecule has 0 atom stereocenters. The average molecular weight is 401 g/mol. The first-order valence-corrected chi connectivity index (χ1v) is 10.0. The predicted octanol–water partition coefficient (Wildman–Crippen LogP) is 4.23. The van der Waals surface area contributed by atoms with Crippen molar-refractivity contribution in [3.8, 4) is 5.69 Å². The Morgan fingerprint density at radius 1 is 1.19 bits per heavy atom. The van der Waals surface area contributed by atoms with Crippen LogP contribution in [0.1, 0.15) is 18.1 Å². The SMILES string of the molecule is CCc1ccc(CN(C)C(=O)CSc2nncn2-c2cccc(Cl)c2)cc1. The molecule has 7 heteroatoms. The molecule has 0 saturated heterocycles. The quantitative estimate of drug-likeness (QED) is 0.557. The number of aryl methyl sites for hydroxylation is 1. The molecule has 0 saturated carbocycles. The maximum absolute atomic E-state index is 12.5. The van der Waals surface area contributed by atoms with E-state index in [1.165, 1.54) is 17.3 Å². The molecule has 0 radical (unpaired) electrons. The lowest BCUT2D eigenvalue weighted by Crippen LogP contribution is -2.27. The fraction of sp³-hybridized carbons (Fsp3) is 0.250. The van der Waals surface area contributed by atoms with E-state index >= 15 is 0 Å². The average Bonchev–Trinajstić information content (AvgIpc) is 3.15. The van der Waals surface area contributed by atoms with Crippen LogP contribution in [0.4, 0.5) is 0 Å². The zero-order chi connectivity index (χ0) is 19.2. The summed E-state index contributed by atoms with van der Waals surface area (Å²) in [7, 11) is 1.82. The summed E-state index contributed by atoms with van der Waals surface area (Å²) >= 11 is 7.42. The maximum Gasteiger partial charge on any atom is 0.233 e. The number of hydrogen-bond acceptors (Lipinski definition) is 4. The molecule has 0 fully saturated rings. The predicted molar refractivity (Wildman–Crippen MR) is 109 cm³/mol. The van der Waals surface area contributed by atoms with E-state index in [1.807, 2.05) is 35.9 Å². The summed E-state index contributed by atoms with van der Waals surface area (Å²) in [6.07, 6.45) is 2.64. The second-order valence-electron chi connectivity index (χ2n) is 6.17. The highest BCUT2D eigenvalue weighted by Crippen LogP contribution is 2.22. The van der Waals surface area contributed by atoms with Crippen molar-refractivity contribution in [1.82, 2.24) is 19.7 Å². The first-order chi connectivity index (χ1) is 13.1. The number of carbonyl (C=O) groups excluding carboxylic acids is 1. The van der Waals surface area contributed by atoms with Gasteiger partial charge in [-0.1, -0.05) is 60.6 Å². The van der Waals surface area contributed by atoms with E-state index < -0.39 is 0 Å². The van der Waals surface area contributed by atoms with Crippen LogP contribution in [-0.2, 0) is 17.8 Å². The van der Waals surface area contributed by atoms with Crippen LogP contribution < -0.4 is 0 Å². The maximum atomic E-state index is 12.5. The van der Waals surface area contributed by atoms with Crippen molar-refractivity contribution in [2.45, 2.75) is 25.0 Å². The number of carbonyl (C=O) groups is 1. The zero-order valence-corrected chi connectivity index (χ0v) is 16.9. The molecule has 0 unspecified atom stereocenters. The van der Waals surface area contributed by atoms with Crippen LogP contribution in [0.5, 0.6) is 0 Å². The summed E-state index contributed by atoms with van der Waals surface area (Å²) in [4.78, 5) is 14.2. The van der Waals surface area contributed by atoms with Crippen LogP contribution >= 0.6 is 23.4 Å². The van der Waals surface area contributed by atoms with Gasteiger partial charge in [0.15, 0.2) is 5.16 Å². The van der Waals surface area contributed by atoms with Crippen LogP contribution in [0, 0.1) is 0 Å². The minimum Gasteiger partial charge on any atom is -0.341 e. The fourth-order valence-electron chi connectivity index (χ4n) is 2.60. The van der Waals surface area contributed by atoms with Gasteiger partial charge in [-0.15, -0.1) is 10.2 Å². The molecule has 2 aromatic carbocycles. The standard InChI is InChI=1S/C20H21ClN4OS/c1-3-15-7-9-16(10-8-15)12-24(2)19(26)13-27-20-23-22-14-25(20)18-6-4-5-17(21)11-18/h4-11,14H,3,12-13H2,1-2H3.